The SMILES string of the molecule is COc1cc(C)cc(C(N)C(=O)O)c1. The topological polar surface area (TPSA) is 72.5 Å². The predicted molar refractivity (Wildman–Crippen MR) is 52.3 cm³/mol. The van der Waals surface area contributed by atoms with Crippen LogP contribution in [-0.4, -0.2) is 18.2 Å². The van der Waals surface area contributed by atoms with Gasteiger partial charge in [-0.25, -0.2) is 0 Å². The van der Waals surface area contributed by atoms with Crippen LogP contribution in [0.15, 0.2) is 18.2 Å². The molecule has 0 aliphatic heterocycles. The molecule has 0 radical (unpaired) electrons. The highest BCUT2D eigenvalue weighted by molar-refractivity contribution is 5.75. The highest BCUT2D eigenvalue weighted by Crippen LogP contribution is 2.20. The van der Waals surface area contributed by atoms with E-state index in [-0.39, 0.29) is 0 Å². The molecule has 0 bridgehead atoms. The van der Waals surface area contributed by atoms with Crippen LogP contribution in [0.2, 0.25) is 0 Å². The maximum absolute atomic E-state index is 10.6. The standard InChI is InChI=1S/C10H13NO3/c1-6-3-7(9(11)10(12)13)5-8(4-6)14-2/h3-5,9H,11H2,1-2H3,(H,12,13). The molecule has 1 aromatic rings. The third-order valence-electron chi connectivity index (χ3n) is 1.93. The lowest BCUT2D eigenvalue weighted by molar-refractivity contribution is -0.138. The van der Waals surface area contributed by atoms with Gasteiger partial charge in [-0.05, 0) is 30.2 Å². The van der Waals surface area contributed by atoms with Crippen molar-refractivity contribution < 1.29 is 14.6 Å². The van der Waals surface area contributed by atoms with Crippen LogP contribution in [0.4, 0.5) is 0 Å². The van der Waals surface area contributed by atoms with Crippen molar-refractivity contribution in [1.29, 1.82) is 0 Å². The Labute approximate surface area is 82.3 Å². The highest BCUT2D eigenvalue weighted by Gasteiger charge is 2.15. The number of carboxylic acid groups (broad SMARTS) is 1. The van der Waals surface area contributed by atoms with Crippen LogP contribution in [0.5, 0.6) is 5.75 Å². The molecule has 1 unspecified atom stereocenters. The zero-order chi connectivity index (χ0) is 10.7. The van der Waals surface area contributed by atoms with Crippen molar-refractivity contribution in [2.45, 2.75) is 13.0 Å². The van der Waals surface area contributed by atoms with E-state index in [1.807, 2.05) is 13.0 Å². The molecule has 0 spiro atoms. The van der Waals surface area contributed by atoms with Crippen LogP contribution >= 0.6 is 0 Å². The van der Waals surface area contributed by atoms with Crippen LogP contribution < -0.4 is 10.5 Å². The number of benzene rings is 1. The first kappa shape index (κ1) is 10.5. The van der Waals surface area contributed by atoms with Gasteiger partial charge in [0, 0.05) is 0 Å². The lowest BCUT2D eigenvalue weighted by atomic mass is 10.0. The third-order valence-corrected chi connectivity index (χ3v) is 1.93. The number of ether oxygens (including phenoxy) is 1. The summed E-state index contributed by atoms with van der Waals surface area (Å²) in [7, 11) is 1.53. The van der Waals surface area contributed by atoms with Crippen molar-refractivity contribution in [3.8, 4) is 5.75 Å². The summed E-state index contributed by atoms with van der Waals surface area (Å²) in [5.74, 6) is -0.422. The van der Waals surface area contributed by atoms with Gasteiger partial charge in [0.2, 0.25) is 0 Å². The van der Waals surface area contributed by atoms with Gasteiger partial charge in [0.25, 0.3) is 0 Å². The Hall–Kier alpha value is -1.55. The Morgan fingerprint density at radius 2 is 2.14 bits per heavy atom. The van der Waals surface area contributed by atoms with Crippen molar-refractivity contribution in [1.82, 2.24) is 0 Å². The van der Waals surface area contributed by atoms with Gasteiger partial charge in [-0.2, -0.15) is 0 Å². The molecule has 0 aliphatic carbocycles. The molecular formula is C10H13NO3. The molecule has 4 heteroatoms. The predicted octanol–water partition coefficient (Wildman–Crippen LogP) is 1.09. The Kier molecular flexibility index (Phi) is 3.09. The summed E-state index contributed by atoms with van der Waals surface area (Å²) in [4.78, 5) is 10.6. The number of hydrogen-bond acceptors (Lipinski definition) is 3. The van der Waals surface area contributed by atoms with Gasteiger partial charge in [-0.3, -0.25) is 4.79 Å². The zero-order valence-corrected chi connectivity index (χ0v) is 8.15. The quantitative estimate of drug-likeness (QED) is 0.757. The maximum Gasteiger partial charge on any atom is 0.325 e. The van der Waals surface area contributed by atoms with Crippen molar-refractivity contribution in [2.75, 3.05) is 7.11 Å². The van der Waals surface area contributed by atoms with E-state index in [1.165, 1.54) is 7.11 Å². The molecular weight excluding hydrogens is 182 g/mol. The molecule has 0 fully saturated rings. The summed E-state index contributed by atoms with van der Waals surface area (Å²) in [6.07, 6.45) is 0. The highest BCUT2D eigenvalue weighted by atomic mass is 16.5. The molecule has 0 aliphatic rings. The molecule has 1 aromatic carbocycles. The van der Waals surface area contributed by atoms with Crippen molar-refractivity contribution in [2.24, 2.45) is 5.73 Å². The number of nitrogens with two attached hydrogens (primary N) is 1. The Bertz CT molecular complexity index is 349. The van der Waals surface area contributed by atoms with Crippen LogP contribution in [0.3, 0.4) is 0 Å². The number of methoxy groups -OCH3 is 1. The van der Waals surface area contributed by atoms with E-state index >= 15 is 0 Å². The van der Waals surface area contributed by atoms with E-state index in [4.69, 9.17) is 15.6 Å². The Balaban J connectivity index is 3.08. The lowest BCUT2D eigenvalue weighted by Gasteiger charge is -2.09. The van der Waals surface area contributed by atoms with Crippen molar-refractivity contribution in [3.63, 3.8) is 0 Å². The number of rotatable bonds is 3. The van der Waals surface area contributed by atoms with E-state index in [0.29, 0.717) is 11.3 Å². The average Bonchev–Trinajstić information content (AvgIpc) is 2.15. The molecule has 0 aromatic heterocycles. The minimum absolute atomic E-state index is 0.550. The molecule has 1 rings (SSSR count). The van der Waals surface area contributed by atoms with Gasteiger partial charge in [-0.15, -0.1) is 0 Å². The van der Waals surface area contributed by atoms with E-state index in [9.17, 15) is 4.79 Å². The molecule has 4 nitrogen and oxygen atoms in total. The zero-order valence-electron chi connectivity index (χ0n) is 8.15. The molecule has 14 heavy (non-hydrogen) atoms. The second-order valence-electron chi connectivity index (χ2n) is 3.10. The molecule has 0 amide bonds. The number of aliphatic carboxylic acids is 1. The fourth-order valence-electron chi connectivity index (χ4n) is 1.22. The molecule has 1 atom stereocenters. The second kappa shape index (κ2) is 4.11. The molecule has 0 heterocycles. The molecule has 76 valence electrons. The normalized spacial score (nSPS) is 12.2. The number of hydrogen-bond donors (Lipinski definition) is 2. The Morgan fingerprint density at radius 3 is 2.64 bits per heavy atom. The average molecular weight is 195 g/mol. The van der Waals surface area contributed by atoms with E-state index in [1.54, 1.807) is 12.1 Å². The summed E-state index contributed by atoms with van der Waals surface area (Å²) < 4.78 is 5.02. The van der Waals surface area contributed by atoms with Gasteiger partial charge in [-0.1, -0.05) is 6.07 Å². The first-order chi connectivity index (χ1) is 6.54. The van der Waals surface area contributed by atoms with E-state index in [0.717, 1.165) is 5.56 Å². The first-order valence-electron chi connectivity index (χ1n) is 4.18. The summed E-state index contributed by atoms with van der Waals surface area (Å²) in [5.41, 5.74) is 6.95. The fourth-order valence-corrected chi connectivity index (χ4v) is 1.22. The van der Waals surface area contributed by atoms with Crippen LogP contribution in [0.1, 0.15) is 17.2 Å². The molecule has 3 N–H and O–H groups in total. The smallest absolute Gasteiger partial charge is 0.325 e. The van der Waals surface area contributed by atoms with Crippen LogP contribution in [0, 0.1) is 6.92 Å². The van der Waals surface area contributed by atoms with Gasteiger partial charge in [0.1, 0.15) is 11.8 Å². The summed E-state index contributed by atoms with van der Waals surface area (Å²) in [6.45, 7) is 1.86. The van der Waals surface area contributed by atoms with Gasteiger partial charge >= 0.3 is 5.97 Å². The molecule has 0 saturated heterocycles. The van der Waals surface area contributed by atoms with E-state index in [2.05, 4.69) is 0 Å². The number of carbonyl (C=O) groups is 1. The fraction of sp³-hybridized carbons (Fsp3) is 0.300. The first-order valence-corrected chi connectivity index (χ1v) is 4.18. The maximum atomic E-state index is 10.6. The molecule has 0 saturated carbocycles. The van der Waals surface area contributed by atoms with Crippen molar-refractivity contribution >= 4 is 5.97 Å². The lowest BCUT2D eigenvalue weighted by Crippen LogP contribution is -2.20. The summed E-state index contributed by atoms with van der Waals surface area (Å²) in [5, 5.41) is 8.72. The van der Waals surface area contributed by atoms with Crippen LogP contribution in [-0.2, 0) is 4.79 Å². The minimum atomic E-state index is -1.04. The van der Waals surface area contributed by atoms with Crippen LogP contribution in [0.25, 0.3) is 0 Å². The largest absolute Gasteiger partial charge is 0.497 e. The van der Waals surface area contributed by atoms with E-state index < -0.39 is 12.0 Å². The number of aryl methyl sites for hydroxylation is 1. The van der Waals surface area contributed by atoms with Crippen molar-refractivity contribution in [3.05, 3.63) is 29.3 Å². The summed E-state index contributed by atoms with van der Waals surface area (Å²) in [6, 6.07) is 4.19. The number of carboxylic acids is 1. The summed E-state index contributed by atoms with van der Waals surface area (Å²) >= 11 is 0. The Morgan fingerprint density at radius 1 is 1.50 bits per heavy atom. The van der Waals surface area contributed by atoms with Gasteiger partial charge in [0.05, 0.1) is 7.11 Å². The van der Waals surface area contributed by atoms with Gasteiger partial charge < -0.3 is 15.6 Å². The third kappa shape index (κ3) is 2.23. The monoisotopic (exact) mass is 195 g/mol. The van der Waals surface area contributed by atoms with Gasteiger partial charge in [0.15, 0.2) is 0 Å². The minimum Gasteiger partial charge on any atom is -0.497 e. The second-order valence-corrected chi connectivity index (χ2v) is 3.10.